The first-order valence-electron chi connectivity index (χ1n) is 9.93. The van der Waals surface area contributed by atoms with E-state index in [4.69, 9.17) is 4.52 Å². The molecule has 1 aliphatic rings. The van der Waals surface area contributed by atoms with E-state index in [0.29, 0.717) is 24.3 Å². The van der Waals surface area contributed by atoms with Crippen molar-refractivity contribution in [1.29, 1.82) is 0 Å². The van der Waals surface area contributed by atoms with E-state index in [0.717, 1.165) is 57.4 Å². The van der Waals surface area contributed by atoms with Crippen LogP contribution in [0.5, 0.6) is 0 Å². The van der Waals surface area contributed by atoms with Gasteiger partial charge in [-0.25, -0.2) is 0 Å². The van der Waals surface area contributed by atoms with E-state index < -0.39 is 0 Å². The summed E-state index contributed by atoms with van der Waals surface area (Å²) in [7, 11) is 3.79. The topological polar surface area (TPSA) is 62.5 Å². The molecule has 0 aliphatic carbocycles. The van der Waals surface area contributed by atoms with Crippen LogP contribution in [0, 0.1) is 5.92 Å². The van der Waals surface area contributed by atoms with Crippen LogP contribution in [0.1, 0.15) is 43.5 Å². The van der Waals surface area contributed by atoms with Crippen LogP contribution in [0.25, 0.3) is 0 Å². The number of piperidine rings is 1. The maximum Gasteiger partial charge on any atom is 0.323 e. The largest absolute Gasteiger partial charge is 0.343 e. The van der Waals surface area contributed by atoms with Gasteiger partial charge in [-0.3, -0.25) is 4.79 Å². The van der Waals surface area contributed by atoms with Crippen molar-refractivity contribution in [3.63, 3.8) is 0 Å². The Hall–Kier alpha value is -2.37. The van der Waals surface area contributed by atoms with Crippen LogP contribution in [0.4, 0.5) is 6.01 Å². The number of anilines is 1. The summed E-state index contributed by atoms with van der Waals surface area (Å²) in [6, 6.07) is 10.9. The highest BCUT2D eigenvalue weighted by molar-refractivity contribution is 5.76. The molecule has 0 bridgehead atoms. The Morgan fingerprint density at radius 1 is 1.19 bits per heavy atom. The molecule has 1 saturated heterocycles. The summed E-state index contributed by atoms with van der Waals surface area (Å²) in [5, 5.41) is 4.03. The molecule has 3 rings (SSSR count). The third-order valence-corrected chi connectivity index (χ3v) is 5.28. The molecule has 0 saturated carbocycles. The second kappa shape index (κ2) is 9.53. The zero-order valence-corrected chi connectivity index (χ0v) is 16.4. The molecule has 6 heteroatoms. The number of likely N-dealkylation sites (tertiary alicyclic amines) is 1. The van der Waals surface area contributed by atoms with Crippen molar-refractivity contribution in [2.45, 2.75) is 44.9 Å². The quantitative estimate of drug-likeness (QED) is 0.713. The standard InChI is InChI=1S/C21H30N4O2/c1-24(2)21-22-19(23-27-21)12-11-18-13-15-25(16-14-18)20(26)10-6-9-17-7-4-3-5-8-17/h3-5,7-8,18H,6,9-16H2,1-2H3. The Morgan fingerprint density at radius 3 is 2.59 bits per heavy atom. The van der Waals surface area contributed by atoms with Crippen LogP contribution in [-0.4, -0.2) is 48.1 Å². The lowest BCUT2D eigenvalue weighted by atomic mass is 9.92. The first-order valence-corrected chi connectivity index (χ1v) is 9.93. The molecular weight excluding hydrogens is 340 g/mol. The van der Waals surface area contributed by atoms with Gasteiger partial charge in [0.15, 0.2) is 5.82 Å². The van der Waals surface area contributed by atoms with Crippen molar-refractivity contribution in [1.82, 2.24) is 15.0 Å². The molecule has 0 radical (unpaired) electrons. The first-order chi connectivity index (χ1) is 13.1. The van der Waals surface area contributed by atoms with Gasteiger partial charge in [0.25, 0.3) is 0 Å². The fourth-order valence-electron chi connectivity index (χ4n) is 3.58. The molecule has 0 unspecified atom stereocenters. The Morgan fingerprint density at radius 2 is 1.93 bits per heavy atom. The Labute approximate surface area is 161 Å². The van der Waals surface area contributed by atoms with Crippen LogP contribution in [0.3, 0.4) is 0 Å². The minimum Gasteiger partial charge on any atom is -0.343 e. The van der Waals surface area contributed by atoms with Crippen LogP contribution in [-0.2, 0) is 17.6 Å². The number of carbonyl (C=O) groups excluding carboxylic acids is 1. The Kier molecular flexibility index (Phi) is 6.85. The van der Waals surface area contributed by atoms with Gasteiger partial charge in [-0.2, -0.15) is 4.98 Å². The number of aromatic nitrogens is 2. The predicted molar refractivity (Wildman–Crippen MR) is 106 cm³/mol. The van der Waals surface area contributed by atoms with Gasteiger partial charge in [0.1, 0.15) is 0 Å². The smallest absolute Gasteiger partial charge is 0.323 e. The molecule has 1 aromatic heterocycles. The Bertz CT molecular complexity index is 706. The molecule has 2 heterocycles. The highest BCUT2D eigenvalue weighted by atomic mass is 16.5. The second-order valence-electron chi connectivity index (χ2n) is 7.59. The third kappa shape index (κ3) is 5.81. The van der Waals surface area contributed by atoms with E-state index in [1.54, 1.807) is 0 Å². The second-order valence-corrected chi connectivity index (χ2v) is 7.59. The van der Waals surface area contributed by atoms with Crippen LogP contribution < -0.4 is 4.90 Å². The average Bonchev–Trinajstić information content (AvgIpc) is 3.17. The van der Waals surface area contributed by atoms with Crippen LogP contribution in [0.15, 0.2) is 34.9 Å². The Balaban J connectivity index is 1.33. The van der Waals surface area contributed by atoms with E-state index in [-0.39, 0.29) is 0 Å². The SMILES string of the molecule is CN(C)c1nc(CCC2CCN(C(=O)CCCc3ccccc3)CC2)no1. The van der Waals surface area contributed by atoms with Crippen LogP contribution in [0.2, 0.25) is 0 Å². The molecule has 1 aromatic carbocycles. The predicted octanol–water partition coefficient (Wildman–Crippen LogP) is 3.33. The lowest BCUT2D eigenvalue weighted by Gasteiger charge is -2.32. The van der Waals surface area contributed by atoms with E-state index in [9.17, 15) is 4.79 Å². The third-order valence-electron chi connectivity index (χ3n) is 5.28. The lowest BCUT2D eigenvalue weighted by Crippen LogP contribution is -2.38. The summed E-state index contributed by atoms with van der Waals surface area (Å²) < 4.78 is 5.20. The summed E-state index contributed by atoms with van der Waals surface area (Å²) in [5.74, 6) is 1.72. The van der Waals surface area contributed by atoms with E-state index in [1.165, 1.54) is 5.56 Å². The van der Waals surface area contributed by atoms with Crippen molar-refractivity contribution < 1.29 is 9.32 Å². The molecule has 2 aromatic rings. The summed E-state index contributed by atoms with van der Waals surface area (Å²) in [5.41, 5.74) is 1.31. The van der Waals surface area contributed by atoms with Crippen molar-refractivity contribution in [3.8, 4) is 0 Å². The zero-order valence-electron chi connectivity index (χ0n) is 16.4. The summed E-state index contributed by atoms with van der Waals surface area (Å²) in [6.07, 6.45) is 6.59. The maximum atomic E-state index is 12.4. The van der Waals surface area contributed by atoms with Gasteiger partial charge >= 0.3 is 6.01 Å². The molecule has 6 nitrogen and oxygen atoms in total. The van der Waals surface area contributed by atoms with Crippen LogP contribution >= 0.6 is 0 Å². The summed E-state index contributed by atoms with van der Waals surface area (Å²) in [4.78, 5) is 20.7. The molecule has 0 spiro atoms. The number of hydrogen-bond donors (Lipinski definition) is 0. The molecule has 0 N–H and O–H groups in total. The average molecular weight is 370 g/mol. The maximum absolute atomic E-state index is 12.4. The highest BCUT2D eigenvalue weighted by Gasteiger charge is 2.23. The number of benzene rings is 1. The molecule has 27 heavy (non-hydrogen) atoms. The zero-order chi connectivity index (χ0) is 19.1. The molecule has 0 atom stereocenters. The van der Waals surface area contributed by atoms with Gasteiger partial charge in [0, 0.05) is 40.0 Å². The molecule has 1 fully saturated rings. The normalized spacial score (nSPS) is 15.1. The van der Waals surface area contributed by atoms with Gasteiger partial charge in [-0.15, -0.1) is 0 Å². The molecule has 1 amide bonds. The van der Waals surface area contributed by atoms with Crippen molar-refractivity contribution in [2.24, 2.45) is 5.92 Å². The lowest BCUT2D eigenvalue weighted by molar-refractivity contribution is -0.132. The number of aryl methyl sites for hydroxylation is 2. The monoisotopic (exact) mass is 370 g/mol. The minimum absolute atomic E-state index is 0.304. The molecule has 146 valence electrons. The number of hydrogen-bond acceptors (Lipinski definition) is 5. The minimum atomic E-state index is 0.304. The number of rotatable bonds is 8. The van der Waals surface area contributed by atoms with E-state index >= 15 is 0 Å². The van der Waals surface area contributed by atoms with Gasteiger partial charge in [-0.1, -0.05) is 35.5 Å². The van der Waals surface area contributed by atoms with Crippen molar-refractivity contribution in [3.05, 3.63) is 41.7 Å². The van der Waals surface area contributed by atoms with Gasteiger partial charge < -0.3 is 14.3 Å². The molecular formula is C21H30N4O2. The summed E-state index contributed by atoms with van der Waals surface area (Å²) in [6.45, 7) is 1.76. The van der Waals surface area contributed by atoms with Crippen molar-refractivity contribution >= 4 is 11.9 Å². The van der Waals surface area contributed by atoms with Gasteiger partial charge in [0.05, 0.1) is 0 Å². The fourth-order valence-corrected chi connectivity index (χ4v) is 3.58. The fraction of sp³-hybridized carbons (Fsp3) is 0.571. The van der Waals surface area contributed by atoms with Crippen molar-refractivity contribution in [2.75, 3.05) is 32.1 Å². The number of nitrogens with zero attached hydrogens (tertiary/aromatic N) is 4. The van der Waals surface area contributed by atoms with E-state index in [1.807, 2.05) is 30.0 Å². The summed E-state index contributed by atoms with van der Waals surface area (Å²) >= 11 is 0. The number of carbonyl (C=O) groups is 1. The van der Waals surface area contributed by atoms with E-state index in [2.05, 4.69) is 34.4 Å². The molecule has 1 aliphatic heterocycles. The first kappa shape index (κ1) is 19.4. The number of amides is 1. The highest BCUT2D eigenvalue weighted by Crippen LogP contribution is 2.23. The van der Waals surface area contributed by atoms with Gasteiger partial charge in [-0.05, 0) is 43.6 Å². The van der Waals surface area contributed by atoms with Gasteiger partial charge in [0.2, 0.25) is 5.91 Å².